The molecule has 0 aliphatic carbocycles. The lowest BCUT2D eigenvalue weighted by Crippen LogP contribution is -2.58. The fourth-order valence-corrected chi connectivity index (χ4v) is 4.03. The Labute approximate surface area is 113 Å². The van der Waals surface area contributed by atoms with Crippen LogP contribution in [0.15, 0.2) is 0 Å². The highest BCUT2D eigenvalue weighted by atomic mass is 15.3. The van der Waals surface area contributed by atoms with Gasteiger partial charge in [0.05, 0.1) is 0 Å². The number of likely N-dealkylation sites (N-methyl/N-ethyl adjacent to an activating group) is 1. The van der Waals surface area contributed by atoms with Crippen LogP contribution in [0.3, 0.4) is 0 Å². The van der Waals surface area contributed by atoms with E-state index in [0.29, 0.717) is 5.41 Å². The van der Waals surface area contributed by atoms with Crippen LogP contribution in [0.4, 0.5) is 0 Å². The van der Waals surface area contributed by atoms with E-state index in [-0.39, 0.29) is 5.54 Å². The molecule has 2 aliphatic rings. The molecule has 2 N–H and O–H groups in total. The minimum Gasteiger partial charge on any atom is -0.329 e. The molecule has 2 aliphatic heterocycles. The Morgan fingerprint density at radius 3 is 2.00 bits per heavy atom. The van der Waals surface area contributed by atoms with Crippen LogP contribution in [0.1, 0.15) is 46.0 Å². The van der Waals surface area contributed by atoms with Gasteiger partial charge in [-0.25, -0.2) is 0 Å². The topological polar surface area (TPSA) is 32.5 Å². The van der Waals surface area contributed by atoms with Crippen LogP contribution in [-0.4, -0.2) is 55.1 Å². The summed E-state index contributed by atoms with van der Waals surface area (Å²) in [5.74, 6) is 0. The van der Waals surface area contributed by atoms with Gasteiger partial charge in [-0.15, -0.1) is 0 Å². The van der Waals surface area contributed by atoms with Gasteiger partial charge in [-0.3, -0.25) is 4.90 Å². The van der Waals surface area contributed by atoms with Crippen LogP contribution < -0.4 is 5.73 Å². The van der Waals surface area contributed by atoms with Crippen molar-refractivity contribution >= 4 is 0 Å². The Bertz CT molecular complexity index is 265. The lowest BCUT2D eigenvalue weighted by atomic mass is 9.73. The highest BCUT2D eigenvalue weighted by Crippen LogP contribution is 2.40. The van der Waals surface area contributed by atoms with Crippen molar-refractivity contribution in [2.45, 2.75) is 51.5 Å². The van der Waals surface area contributed by atoms with Gasteiger partial charge in [-0.05, 0) is 51.4 Å². The molecule has 1 unspecified atom stereocenters. The van der Waals surface area contributed by atoms with Crippen molar-refractivity contribution in [2.75, 3.05) is 39.8 Å². The van der Waals surface area contributed by atoms with Crippen molar-refractivity contribution in [1.82, 2.24) is 9.80 Å². The average molecular weight is 253 g/mol. The summed E-state index contributed by atoms with van der Waals surface area (Å²) in [4.78, 5) is 5.15. The smallest absolute Gasteiger partial charge is 0.0470 e. The van der Waals surface area contributed by atoms with Gasteiger partial charge < -0.3 is 10.6 Å². The molecule has 0 aromatic rings. The summed E-state index contributed by atoms with van der Waals surface area (Å²) < 4.78 is 0. The van der Waals surface area contributed by atoms with Crippen LogP contribution >= 0.6 is 0 Å². The molecule has 0 radical (unpaired) electrons. The molecule has 2 heterocycles. The summed E-state index contributed by atoms with van der Waals surface area (Å²) in [5.41, 5.74) is 7.03. The van der Waals surface area contributed by atoms with Crippen molar-refractivity contribution in [2.24, 2.45) is 11.1 Å². The van der Waals surface area contributed by atoms with Gasteiger partial charge in [-0.2, -0.15) is 0 Å². The molecular weight excluding hydrogens is 222 g/mol. The first-order chi connectivity index (χ1) is 8.60. The normalized spacial score (nSPS) is 34.0. The third-order valence-electron chi connectivity index (χ3n) is 5.90. The van der Waals surface area contributed by atoms with E-state index in [4.69, 9.17) is 5.73 Å². The highest BCUT2D eigenvalue weighted by molar-refractivity contribution is 5.01. The van der Waals surface area contributed by atoms with Gasteiger partial charge in [0.2, 0.25) is 0 Å². The molecule has 18 heavy (non-hydrogen) atoms. The summed E-state index contributed by atoms with van der Waals surface area (Å²) in [7, 11) is 2.23. The van der Waals surface area contributed by atoms with E-state index in [1.165, 1.54) is 51.7 Å². The first-order valence-corrected chi connectivity index (χ1v) is 7.73. The van der Waals surface area contributed by atoms with Crippen molar-refractivity contribution in [3.05, 3.63) is 0 Å². The standard InChI is InChI=1S/C15H31N3/c1-4-14(5-2)6-10-18(11-7-14)15(12-16)8-9-17(3)13-15/h4-13,16H2,1-3H3. The van der Waals surface area contributed by atoms with Crippen molar-refractivity contribution in [3.8, 4) is 0 Å². The molecule has 0 amide bonds. The first-order valence-electron chi connectivity index (χ1n) is 7.73. The van der Waals surface area contributed by atoms with Crippen molar-refractivity contribution in [3.63, 3.8) is 0 Å². The van der Waals surface area contributed by atoms with Crippen molar-refractivity contribution in [1.29, 1.82) is 0 Å². The predicted molar refractivity (Wildman–Crippen MR) is 77.7 cm³/mol. The van der Waals surface area contributed by atoms with Gasteiger partial charge in [0.1, 0.15) is 0 Å². The number of hydrogen-bond donors (Lipinski definition) is 1. The van der Waals surface area contributed by atoms with E-state index < -0.39 is 0 Å². The number of nitrogens with two attached hydrogens (primary N) is 1. The molecule has 3 nitrogen and oxygen atoms in total. The summed E-state index contributed by atoms with van der Waals surface area (Å²) in [5, 5.41) is 0. The molecule has 1 atom stereocenters. The number of nitrogens with zero attached hydrogens (tertiary/aromatic N) is 2. The maximum atomic E-state index is 6.13. The van der Waals surface area contributed by atoms with Crippen LogP contribution in [0.2, 0.25) is 0 Å². The Hall–Kier alpha value is -0.120. The van der Waals surface area contributed by atoms with Gasteiger partial charge in [-0.1, -0.05) is 26.7 Å². The van der Waals surface area contributed by atoms with E-state index in [2.05, 4.69) is 30.7 Å². The SMILES string of the molecule is CCC1(CC)CCN(C2(CN)CCN(C)C2)CC1. The van der Waals surface area contributed by atoms with Crippen LogP contribution in [0, 0.1) is 5.41 Å². The number of likely N-dealkylation sites (tertiary alicyclic amines) is 2. The zero-order chi connectivity index (χ0) is 13.2. The third-order valence-corrected chi connectivity index (χ3v) is 5.90. The molecule has 3 heteroatoms. The molecular formula is C15H31N3. The summed E-state index contributed by atoms with van der Waals surface area (Å²) in [6, 6.07) is 0. The van der Waals surface area contributed by atoms with Crippen LogP contribution in [0.25, 0.3) is 0 Å². The molecule has 0 aromatic heterocycles. The molecule has 2 fully saturated rings. The number of piperidine rings is 1. The molecule has 2 rings (SSSR count). The molecule has 0 spiro atoms. The minimum absolute atomic E-state index is 0.280. The van der Waals surface area contributed by atoms with E-state index in [1.54, 1.807) is 0 Å². The van der Waals surface area contributed by atoms with Crippen LogP contribution in [0.5, 0.6) is 0 Å². The third kappa shape index (κ3) is 2.45. The first kappa shape index (κ1) is 14.3. The zero-order valence-corrected chi connectivity index (χ0v) is 12.5. The second-order valence-electron chi connectivity index (χ2n) is 6.61. The van der Waals surface area contributed by atoms with E-state index in [1.807, 2.05) is 0 Å². The minimum atomic E-state index is 0.280. The van der Waals surface area contributed by atoms with E-state index in [0.717, 1.165) is 13.1 Å². The maximum absolute atomic E-state index is 6.13. The molecule has 0 aromatic carbocycles. The van der Waals surface area contributed by atoms with E-state index >= 15 is 0 Å². The summed E-state index contributed by atoms with van der Waals surface area (Å²) in [6.07, 6.45) is 6.67. The fraction of sp³-hybridized carbons (Fsp3) is 1.00. The second-order valence-corrected chi connectivity index (χ2v) is 6.61. The average Bonchev–Trinajstić information content (AvgIpc) is 2.82. The second kappa shape index (κ2) is 5.48. The summed E-state index contributed by atoms with van der Waals surface area (Å²) in [6.45, 7) is 10.4. The Balaban J connectivity index is 2.00. The highest BCUT2D eigenvalue weighted by Gasteiger charge is 2.44. The maximum Gasteiger partial charge on any atom is 0.0470 e. The van der Waals surface area contributed by atoms with E-state index in [9.17, 15) is 0 Å². The van der Waals surface area contributed by atoms with Gasteiger partial charge in [0, 0.05) is 18.6 Å². The summed E-state index contributed by atoms with van der Waals surface area (Å²) >= 11 is 0. The lowest BCUT2D eigenvalue weighted by Gasteiger charge is -2.48. The molecule has 106 valence electrons. The monoisotopic (exact) mass is 253 g/mol. The molecule has 2 saturated heterocycles. The Morgan fingerprint density at radius 2 is 1.61 bits per heavy atom. The largest absolute Gasteiger partial charge is 0.329 e. The predicted octanol–water partition coefficient (Wildman–Crippen LogP) is 1.92. The number of hydrogen-bond acceptors (Lipinski definition) is 3. The van der Waals surface area contributed by atoms with Gasteiger partial charge in [0.25, 0.3) is 0 Å². The lowest BCUT2D eigenvalue weighted by molar-refractivity contribution is 0.0214. The Morgan fingerprint density at radius 1 is 1.00 bits per heavy atom. The van der Waals surface area contributed by atoms with Gasteiger partial charge >= 0.3 is 0 Å². The fourth-order valence-electron chi connectivity index (χ4n) is 4.03. The van der Waals surface area contributed by atoms with Gasteiger partial charge in [0.15, 0.2) is 0 Å². The molecule has 0 bridgehead atoms. The zero-order valence-electron chi connectivity index (χ0n) is 12.5. The van der Waals surface area contributed by atoms with Crippen molar-refractivity contribution < 1.29 is 0 Å². The van der Waals surface area contributed by atoms with Crippen LogP contribution in [-0.2, 0) is 0 Å². The quantitative estimate of drug-likeness (QED) is 0.831. The molecule has 0 saturated carbocycles. The Kier molecular flexibility index (Phi) is 4.35. The number of rotatable bonds is 4.